The fourth-order valence-corrected chi connectivity index (χ4v) is 2.21. The summed E-state index contributed by atoms with van der Waals surface area (Å²) in [5.74, 6) is 0. The van der Waals surface area contributed by atoms with Crippen molar-refractivity contribution in [2.45, 2.75) is 37.8 Å². The van der Waals surface area contributed by atoms with Crippen LogP contribution in [0.5, 0.6) is 0 Å². The van der Waals surface area contributed by atoms with Gasteiger partial charge in [0.2, 0.25) is 0 Å². The number of hydrogen-bond acceptors (Lipinski definition) is 2. The quantitative estimate of drug-likeness (QED) is 0.487. The molecule has 2 aliphatic rings. The molecule has 2 nitrogen and oxygen atoms in total. The molecule has 2 fully saturated rings. The zero-order chi connectivity index (χ0) is 6.48. The van der Waals surface area contributed by atoms with Gasteiger partial charge in [-0.25, -0.2) is 0 Å². The second kappa shape index (κ2) is 1.50. The van der Waals surface area contributed by atoms with Crippen LogP contribution in [-0.4, -0.2) is 12.1 Å². The fraction of sp³-hybridized carbons (Fsp3) is 1.00. The van der Waals surface area contributed by atoms with Crippen LogP contribution < -0.4 is 11.5 Å². The third-order valence-electron chi connectivity index (χ3n) is 3.08. The van der Waals surface area contributed by atoms with Crippen molar-refractivity contribution >= 4 is 0 Å². The van der Waals surface area contributed by atoms with Crippen LogP contribution in [0.15, 0.2) is 0 Å². The molecule has 0 aromatic carbocycles. The summed E-state index contributed by atoms with van der Waals surface area (Å²) in [5, 5.41) is 0. The molecule has 9 heavy (non-hydrogen) atoms. The van der Waals surface area contributed by atoms with E-state index in [0.29, 0.717) is 17.5 Å². The van der Waals surface area contributed by atoms with Gasteiger partial charge in [0.25, 0.3) is 0 Å². The van der Waals surface area contributed by atoms with Gasteiger partial charge in [0.15, 0.2) is 0 Å². The normalized spacial score (nSPS) is 56.7. The Morgan fingerprint density at radius 1 is 1.22 bits per heavy atom. The lowest BCUT2D eigenvalue weighted by Gasteiger charge is -2.57. The Hall–Kier alpha value is -0.0800. The Labute approximate surface area is 55.6 Å². The molecule has 2 aliphatic carbocycles. The number of hydrogen-bond donors (Lipinski definition) is 2. The molecular formula is C7H14N2. The molecule has 0 aromatic heterocycles. The zero-order valence-corrected chi connectivity index (χ0v) is 5.64. The second-order valence-corrected chi connectivity index (χ2v) is 3.68. The van der Waals surface area contributed by atoms with Crippen molar-refractivity contribution in [3.63, 3.8) is 0 Å². The van der Waals surface area contributed by atoms with Crippen molar-refractivity contribution in [2.75, 3.05) is 0 Å². The van der Waals surface area contributed by atoms with Crippen LogP contribution in [-0.2, 0) is 0 Å². The molecule has 1 unspecified atom stereocenters. The largest absolute Gasteiger partial charge is 0.328 e. The summed E-state index contributed by atoms with van der Waals surface area (Å²) in [6.07, 6.45) is 4.94. The molecule has 0 amide bonds. The van der Waals surface area contributed by atoms with Crippen molar-refractivity contribution < 1.29 is 0 Å². The molecule has 0 heterocycles. The van der Waals surface area contributed by atoms with E-state index >= 15 is 0 Å². The third kappa shape index (κ3) is 0.578. The van der Waals surface area contributed by atoms with Crippen molar-refractivity contribution in [3.05, 3.63) is 0 Å². The maximum atomic E-state index is 5.83. The fourth-order valence-electron chi connectivity index (χ4n) is 2.21. The molecule has 0 saturated heterocycles. The summed E-state index contributed by atoms with van der Waals surface area (Å²) in [4.78, 5) is 0. The molecule has 1 spiro atoms. The van der Waals surface area contributed by atoms with Gasteiger partial charge >= 0.3 is 0 Å². The van der Waals surface area contributed by atoms with E-state index in [1.54, 1.807) is 0 Å². The maximum absolute atomic E-state index is 5.83. The molecule has 4 N–H and O–H groups in total. The van der Waals surface area contributed by atoms with Crippen LogP contribution in [0.1, 0.15) is 25.7 Å². The van der Waals surface area contributed by atoms with Crippen molar-refractivity contribution in [1.29, 1.82) is 0 Å². The van der Waals surface area contributed by atoms with Gasteiger partial charge in [0.1, 0.15) is 0 Å². The molecule has 0 bridgehead atoms. The van der Waals surface area contributed by atoms with Crippen LogP contribution in [0.4, 0.5) is 0 Å². The molecule has 1 atom stereocenters. The lowest BCUT2D eigenvalue weighted by Crippen LogP contribution is -2.61. The number of nitrogens with two attached hydrogens (primary N) is 2. The SMILES string of the molecule is NC1CC2(CCC2N)C1. The van der Waals surface area contributed by atoms with E-state index in [2.05, 4.69) is 0 Å². The van der Waals surface area contributed by atoms with E-state index in [4.69, 9.17) is 11.5 Å². The van der Waals surface area contributed by atoms with Crippen LogP contribution in [0, 0.1) is 5.41 Å². The summed E-state index contributed by atoms with van der Waals surface area (Å²) in [5.41, 5.74) is 12.0. The summed E-state index contributed by atoms with van der Waals surface area (Å²) >= 11 is 0. The average Bonchev–Trinajstić information content (AvgIpc) is 1.77. The molecule has 2 heteroatoms. The van der Waals surface area contributed by atoms with Gasteiger partial charge in [-0.15, -0.1) is 0 Å². The zero-order valence-electron chi connectivity index (χ0n) is 5.64. The summed E-state index contributed by atoms with van der Waals surface area (Å²) < 4.78 is 0. The Bertz CT molecular complexity index is 127. The highest BCUT2D eigenvalue weighted by Gasteiger charge is 2.52. The van der Waals surface area contributed by atoms with E-state index in [9.17, 15) is 0 Å². The average molecular weight is 126 g/mol. The van der Waals surface area contributed by atoms with E-state index in [0.717, 1.165) is 0 Å². The van der Waals surface area contributed by atoms with Crippen molar-refractivity contribution in [1.82, 2.24) is 0 Å². The monoisotopic (exact) mass is 126 g/mol. The highest BCUT2D eigenvalue weighted by molar-refractivity contribution is 5.08. The van der Waals surface area contributed by atoms with E-state index < -0.39 is 0 Å². The first kappa shape index (κ1) is 5.69. The molecular weight excluding hydrogens is 112 g/mol. The Morgan fingerprint density at radius 3 is 2.00 bits per heavy atom. The van der Waals surface area contributed by atoms with Crippen molar-refractivity contribution in [3.8, 4) is 0 Å². The Kier molecular flexibility index (Phi) is 0.945. The standard InChI is InChI=1S/C7H14N2/c8-5-3-7(4-5)2-1-6(7)9/h5-6H,1-4,8-9H2. The first-order valence-electron chi connectivity index (χ1n) is 3.74. The molecule has 0 aliphatic heterocycles. The molecule has 0 radical (unpaired) electrons. The first-order chi connectivity index (χ1) is 4.23. The van der Waals surface area contributed by atoms with Crippen molar-refractivity contribution in [2.24, 2.45) is 16.9 Å². The molecule has 2 rings (SSSR count). The smallest absolute Gasteiger partial charge is 0.00969 e. The van der Waals surface area contributed by atoms with Crippen LogP contribution in [0.2, 0.25) is 0 Å². The van der Waals surface area contributed by atoms with Gasteiger partial charge in [-0.05, 0) is 31.1 Å². The minimum Gasteiger partial charge on any atom is -0.328 e. The maximum Gasteiger partial charge on any atom is 0.00969 e. The summed E-state index contributed by atoms with van der Waals surface area (Å²) in [6.45, 7) is 0. The summed E-state index contributed by atoms with van der Waals surface area (Å²) in [7, 11) is 0. The minimum absolute atomic E-state index is 0.469. The van der Waals surface area contributed by atoms with Gasteiger partial charge < -0.3 is 11.5 Å². The minimum atomic E-state index is 0.469. The first-order valence-corrected chi connectivity index (χ1v) is 3.74. The molecule has 0 aromatic rings. The summed E-state index contributed by atoms with van der Waals surface area (Å²) in [6, 6.07) is 0.952. The van der Waals surface area contributed by atoms with Gasteiger partial charge in [-0.2, -0.15) is 0 Å². The lowest BCUT2D eigenvalue weighted by molar-refractivity contribution is -0.0143. The van der Waals surface area contributed by atoms with Gasteiger partial charge in [-0.1, -0.05) is 0 Å². The molecule has 52 valence electrons. The molecule has 2 saturated carbocycles. The van der Waals surface area contributed by atoms with E-state index in [1.165, 1.54) is 25.7 Å². The highest BCUT2D eigenvalue weighted by atomic mass is 14.8. The van der Waals surface area contributed by atoms with Gasteiger partial charge in [0, 0.05) is 12.1 Å². The second-order valence-electron chi connectivity index (χ2n) is 3.68. The predicted octanol–water partition coefficient (Wildman–Crippen LogP) is 0.215. The van der Waals surface area contributed by atoms with Gasteiger partial charge in [0.05, 0.1) is 0 Å². The van der Waals surface area contributed by atoms with E-state index in [1.807, 2.05) is 0 Å². The predicted molar refractivity (Wildman–Crippen MR) is 36.9 cm³/mol. The van der Waals surface area contributed by atoms with Gasteiger partial charge in [-0.3, -0.25) is 0 Å². The Balaban J connectivity index is 1.97. The van der Waals surface area contributed by atoms with E-state index in [-0.39, 0.29) is 0 Å². The topological polar surface area (TPSA) is 52.0 Å². The van der Waals surface area contributed by atoms with Crippen LogP contribution in [0.25, 0.3) is 0 Å². The highest BCUT2D eigenvalue weighted by Crippen LogP contribution is 2.54. The lowest BCUT2D eigenvalue weighted by atomic mass is 9.51. The van der Waals surface area contributed by atoms with Crippen LogP contribution in [0.3, 0.4) is 0 Å². The third-order valence-corrected chi connectivity index (χ3v) is 3.08. The Morgan fingerprint density at radius 2 is 1.89 bits per heavy atom. The van der Waals surface area contributed by atoms with Crippen LogP contribution >= 0.6 is 0 Å². The number of rotatable bonds is 0.